The summed E-state index contributed by atoms with van der Waals surface area (Å²) in [6.07, 6.45) is 5.72. The lowest BCUT2D eigenvalue weighted by atomic mass is 9.66. The fraction of sp³-hybridized carbons (Fsp3) is 0.429. The van der Waals surface area contributed by atoms with Crippen molar-refractivity contribution >= 4 is 5.91 Å². The van der Waals surface area contributed by atoms with Gasteiger partial charge < -0.3 is 10.0 Å². The lowest BCUT2D eigenvalue weighted by molar-refractivity contribution is -0.110. The smallest absolute Gasteiger partial charge is 0.255 e. The molecule has 1 aliphatic carbocycles. The zero-order valence-corrected chi connectivity index (χ0v) is 14.6. The number of likely N-dealkylation sites (tertiary alicyclic amines) is 1. The van der Waals surface area contributed by atoms with Gasteiger partial charge in [-0.05, 0) is 37.0 Å². The minimum absolute atomic E-state index is 0.000240. The predicted molar refractivity (Wildman–Crippen MR) is 95.9 cm³/mol. The Morgan fingerprint density at radius 1 is 1.15 bits per heavy atom. The van der Waals surface area contributed by atoms with Crippen molar-refractivity contribution in [3.63, 3.8) is 0 Å². The number of halogens is 1. The Balaban J connectivity index is 1.64. The first-order valence-electron chi connectivity index (χ1n) is 9.30. The Hall–Kier alpha value is -2.27. The van der Waals surface area contributed by atoms with E-state index in [-0.39, 0.29) is 17.9 Å². The average molecular weight is 354 g/mol. The largest absolute Gasteiger partial charge is 0.385 e. The maximum atomic E-state index is 13.1. The van der Waals surface area contributed by atoms with Crippen LogP contribution >= 0.6 is 0 Å². The molecular weight excluding hydrogens is 331 g/mol. The lowest BCUT2D eigenvalue weighted by Gasteiger charge is -2.52. The van der Waals surface area contributed by atoms with Crippen LogP contribution in [0.5, 0.6) is 0 Å². The third-order valence-electron chi connectivity index (χ3n) is 5.99. The van der Waals surface area contributed by atoms with Crippen LogP contribution in [0.4, 0.5) is 4.39 Å². The number of aromatic nitrogens is 1. The molecule has 1 amide bonds. The van der Waals surface area contributed by atoms with Gasteiger partial charge in [0.05, 0.1) is 11.2 Å². The van der Waals surface area contributed by atoms with Gasteiger partial charge >= 0.3 is 0 Å². The molecule has 4 nitrogen and oxygen atoms in total. The topological polar surface area (TPSA) is 53.4 Å². The maximum Gasteiger partial charge on any atom is 0.255 e. The van der Waals surface area contributed by atoms with Gasteiger partial charge in [0, 0.05) is 24.7 Å². The van der Waals surface area contributed by atoms with Crippen LogP contribution in [0, 0.1) is 11.9 Å². The van der Waals surface area contributed by atoms with Gasteiger partial charge in [0.15, 0.2) is 0 Å². The third-order valence-corrected chi connectivity index (χ3v) is 5.99. The van der Waals surface area contributed by atoms with E-state index >= 15 is 0 Å². The third kappa shape index (κ3) is 2.90. The number of fused-ring (bicyclic) bond motifs is 1. The molecule has 136 valence electrons. The summed E-state index contributed by atoms with van der Waals surface area (Å²) in [4.78, 5) is 18.5. The van der Waals surface area contributed by atoms with E-state index in [1.54, 1.807) is 0 Å². The highest BCUT2D eigenvalue weighted by Gasteiger charge is 2.50. The number of rotatable bonds is 2. The average Bonchev–Trinajstić information content (AvgIpc) is 2.69. The molecule has 0 spiro atoms. The summed E-state index contributed by atoms with van der Waals surface area (Å²) < 4.78 is 13.1. The van der Waals surface area contributed by atoms with Crippen LogP contribution in [0.2, 0.25) is 0 Å². The lowest BCUT2D eigenvalue weighted by Crippen LogP contribution is -2.59. The molecule has 1 saturated heterocycles. The molecular formula is C21H23FN2O2. The number of carbonyl (C=O) groups excluding carboxylic acids is 1. The molecule has 2 aliphatic rings. The predicted octanol–water partition coefficient (Wildman–Crippen LogP) is 3.51. The summed E-state index contributed by atoms with van der Waals surface area (Å²) in [6, 6.07) is 12.5. The van der Waals surface area contributed by atoms with E-state index in [2.05, 4.69) is 4.98 Å². The quantitative estimate of drug-likeness (QED) is 0.840. The number of carbonyl (C=O) groups is 1. The molecule has 4 rings (SSSR count). The second kappa shape index (κ2) is 6.80. The van der Waals surface area contributed by atoms with Crippen molar-refractivity contribution in [2.75, 3.05) is 6.54 Å². The molecule has 1 aromatic carbocycles. The van der Waals surface area contributed by atoms with Gasteiger partial charge in [-0.1, -0.05) is 43.2 Å². The molecule has 5 heteroatoms. The number of hydrogen-bond donors (Lipinski definition) is 1. The molecule has 0 unspecified atom stereocenters. The first-order valence-corrected chi connectivity index (χ1v) is 9.30. The summed E-state index contributed by atoms with van der Waals surface area (Å²) >= 11 is 0. The van der Waals surface area contributed by atoms with Crippen LogP contribution < -0.4 is 0 Å². The van der Waals surface area contributed by atoms with Gasteiger partial charge in [-0.3, -0.25) is 4.79 Å². The summed E-state index contributed by atoms with van der Waals surface area (Å²) in [7, 11) is 0. The van der Waals surface area contributed by atoms with Crippen LogP contribution in [0.1, 0.15) is 48.0 Å². The Morgan fingerprint density at radius 2 is 1.92 bits per heavy atom. The molecule has 0 bridgehead atoms. The van der Waals surface area contributed by atoms with Crippen molar-refractivity contribution in [2.45, 2.75) is 43.7 Å². The highest BCUT2D eigenvalue weighted by atomic mass is 19.1. The molecule has 0 radical (unpaired) electrons. The molecule has 2 heterocycles. The second-order valence-corrected chi connectivity index (χ2v) is 7.37. The van der Waals surface area contributed by atoms with Crippen LogP contribution in [0.3, 0.4) is 0 Å². The van der Waals surface area contributed by atoms with Gasteiger partial charge in [-0.2, -0.15) is 4.39 Å². The zero-order valence-electron chi connectivity index (χ0n) is 14.6. The minimum Gasteiger partial charge on any atom is -0.385 e. The Labute approximate surface area is 152 Å². The van der Waals surface area contributed by atoms with Crippen LogP contribution in [-0.4, -0.2) is 33.5 Å². The fourth-order valence-electron chi connectivity index (χ4n) is 4.69. The van der Waals surface area contributed by atoms with Gasteiger partial charge in [0.2, 0.25) is 5.95 Å². The molecule has 3 atom stereocenters. The molecule has 1 N–H and O–H groups in total. The number of aliphatic hydroxyl groups is 1. The molecule has 1 aliphatic heterocycles. The first kappa shape index (κ1) is 17.2. The van der Waals surface area contributed by atoms with Crippen LogP contribution in [-0.2, 0) is 5.60 Å². The van der Waals surface area contributed by atoms with Crippen LogP contribution in [0.25, 0.3) is 0 Å². The van der Waals surface area contributed by atoms with E-state index in [1.165, 1.54) is 18.3 Å². The molecule has 26 heavy (non-hydrogen) atoms. The minimum atomic E-state index is -0.899. The second-order valence-electron chi connectivity index (χ2n) is 7.37. The standard InChI is InChI=1S/C21H23FN2O2/c22-19-11-10-15(14-23-19)20(25)24-13-12-21(26,16-6-2-1-3-7-16)17-8-4-5-9-18(17)24/h1-3,6-7,10-11,14,17-18,26H,4-5,8-9,12-13H2/t17-,18+,21-/m0/s1. The van der Waals surface area contributed by atoms with E-state index in [4.69, 9.17) is 0 Å². The monoisotopic (exact) mass is 354 g/mol. The molecule has 2 fully saturated rings. The molecule has 1 aromatic heterocycles. The van der Waals surface area contributed by atoms with E-state index in [9.17, 15) is 14.3 Å². The van der Waals surface area contributed by atoms with E-state index in [0.29, 0.717) is 18.5 Å². The summed E-state index contributed by atoms with van der Waals surface area (Å²) in [5, 5.41) is 11.5. The van der Waals surface area contributed by atoms with E-state index in [1.807, 2.05) is 35.2 Å². The summed E-state index contributed by atoms with van der Waals surface area (Å²) in [5.41, 5.74) is 0.442. The van der Waals surface area contributed by atoms with Crippen molar-refractivity contribution in [3.05, 3.63) is 65.7 Å². The fourth-order valence-corrected chi connectivity index (χ4v) is 4.69. The summed E-state index contributed by atoms with van der Waals surface area (Å²) in [5.74, 6) is -0.691. The van der Waals surface area contributed by atoms with Crippen LogP contribution in [0.15, 0.2) is 48.7 Å². The van der Waals surface area contributed by atoms with Crippen molar-refractivity contribution < 1.29 is 14.3 Å². The van der Waals surface area contributed by atoms with Gasteiger partial charge in [0.25, 0.3) is 5.91 Å². The van der Waals surface area contributed by atoms with Crippen molar-refractivity contribution in [3.8, 4) is 0 Å². The SMILES string of the molecule is O=C(c1ccc(F)nc1)N1CC[C@](O)(c2ccccc2)[C@H]2CCCC[C@H]21. The number of benzene rings is 1. The molecule has 1 saturated carbocycles. The number of piperidine rings is 1. The Morgan fingerprint density at radius 3 is 2.65 bits per heavy atom. The van der Waals surface area contributed by atoms with Gasteiger partial charge in [-0.15, -0.1) is 0 Å². The first-order chi connectivity index (χ1) is 12.6. The number of amides is 1. The van der Waals surface area contributed by atoms with Gasteiger partial charge in [-0.25, -0.2) is 4.98 Å². The highest BCUT2D eigenvalue weighted by molar-refractivity contribution is 5.94. The summed E-state index contributed by atoms with van der Waals surface area (Å²) in [6.45, 7) is 0.489. The van der Waals surface area contributed by atoms with Crippen molar-refractivity contribution in [1.29, 1.82) is 0 Å². The van der Waals surface area contributed by atoms with E-state index < -0.39 is 11.5 Å². The van der Waals surface area contributed by atoms with E-state index in [0.717, 1.165) is 31.2 Å². The normalized spacial score (nSPS) is 28.5. The number of hydrogen-bond acceptors (Lipinski definition) is 3. The van der Waals surface area contributed by atoms with Crippen molar-refractivity contribution in [1.82, 2.24) is 9.88 Å². The number of pyridine rings is 1. The highest BCUT2D eigenvalue weighted by Crippen LogP contribution is 2.47. The Kier molecular flexibility index (Phi) is 4.49. The van der Waals surface area contributed by atoms with Crippen molar-refractivity contribution in [2.24, 2.45) is 5.92 Å². The van der Waals surface area contributed by atoms with Gasteiger partial charge in [0.1, 0.15) is 0 Å². The number of nitrogens with zero attached hydrogens (tertiary/aromatic N) is 2. The Bertz CT molecular complexity index is 780. The molecule has 2 aromatic rings. The maximum absolute atomic E-state index is 13.1. The zero-order chi connectivity index (χ0) is 18.1.